The lowest BCUT2D eigenvalue weighted by Gasteiger charge is -1.92. The van der Waals surface area contributed by atoms with Crippen LogP contribution in [0.3, 0.4) is 0 Å². The lowest BCUT2D eigenvalue weighted by atomic mass is 10.2. The molecule has 8 nitrogen and oxygen atoms in total. The summed E-state index contributed by atoms with van der Waals surface area (Å²) in [4.78, 5) is 19.8. The van der Waals surface area contributed by atoms with Crippen molar-refractivity contribution >= 4 is 11.9 Å². The summed E-state index contributed by atoms with van der Waals surface area (Å²) in [6.07, 6.45) is 1.02. The molecule has 0 saturated carbocycles. The molecule has 0 atom stereocenters. The minimum Gasteiger partial charge on any atom is -0.481 e. The third-order valence-electron chi connectivity index (χ3n) is 1.29. The molecule has 0 aliphatic heterocycles. The van der Waals surface area contributed by atoms with Crippen LogP contribution in [0.25, 0.3) is 0 Å². The van der Waals surface area contributed by atoms with Crippen molar-refractivity contribution in [3.8, 4) is 0 Å². The summed E-state index contributed by atoms with van der Waals surface area (Å²) in [5.74, 6) is -1.74. The molecule has 0 unspecified atom stereocenters. The molecule has 0 bridgehead atoms. The van der Waals surface area contributed by atoms with Gasteiger partial charge in [-0.3, -0.25) is 9.59 Å². The van der Waals surface area contributed by atoms with E-state index < -0.39 is 11.9 Å². The molecule has 0 amide bonds. The second-order valence-electron chi connectivity index (χ2n) is 3.02. The molecule has 110 valence electrons. The van der Waals surface area contributed by atoms with Crippen LogP contribution >= 0.6 is 0 Å². The van der Waals surface area contributed by atoms with E-state index in [9.17, 15) is 9.59 Å². The van der Waals surface area contributed by atoms with E-state index in [1.54, 1.807) is 0 Å². The van der Waals surface area contributed by atoms with E-state index in [4.69, 9.17) is 31.9 Å². The number of hydrogen-bond donors (Lipinski definition) is 6. The maximum Gasteiger partial charge on any atom is 0.303 e. The molecule has 0 aromatic rings. The van der Waals surface area contributed by atoms with Gasteiger partial charge in [-0.25, -0.2) is 0 Å². The number of carbonyl (C=O) groups is 2. The van der Waals surface area contributed by atoms with Crippen molar-refractivity contribution in [2.24, 2.45) is 11.5 Å². The molecule has 18 heavy (non-hydrogen) atoms. The average molecular weight is 268 g/mol. The number of rotatable bonds is 7. The maximum absolute atomic E-state index is 9.90. The lowest BCUT2D eigenvalue weighted by molar-refractivity contribution is -0.139. The molecule has 8 heteroatoms. The summed E-state index contributed by atoms with van der Waals surface area (Å²) in [6.45, 7) is 0.944. The number of unbranched alkanes of at least 4 members (excludes halogenated alkanes) is 1. The minimum absolute atomic E-state index is 0.0628. The first kappa shape index (κ1) is 22.0. The van der Waals surface area contributed by atoms with Crippen molar-refractivity contribution in [1.29, 1.82) is 0 Å². The second kappa shape index (κ2) is 21.1. The predicted octanol–water partition coefficient (Wildman–Crippen LogP) is -1.41. The molecular formula is C10H24N2O6. The van der Waals surface area contributed by atoms with Crippen molar-refractivity contribution < 1.29 is 30.0 Å². The zero-order chi connectivity index (χ0) is 14.8. The second-order valence-corrected chi connectivity index (χ2v) is 3.02. The minimum atomic E-state index is -0.870. The molecule has 0 fully saturated rings. The van der Waals surface area contributed by atoms with Gasteiger partial charge in [-0.15, -0.1) is 0 Å². The van der Waals surface area contributed by atoms with Crippen molar-refractivity contribution in [3.05, 3.63) is 0 Å². The van der Waals surface area contributed by atoms with E-state index >= 15 is 0 Å². The monoisotopic (exact) mass is 268 g/mol. The number of hydrogen-bond acceptors (Lipinski definition) is 6. The Morgan fingerprint density at radius 3 is 1.11 bits per heavy atom. The third kappa shape index (κ3) is 46.4. The Hall–Kier alpha value is -1.22. The van der Waals surface area contributed by atoms with Crippen molar-refractivity contribution in [3.63, 3.8) is 0 Å². The van der Waals surface area contributed by atoms with Gasteiger partial charge in [-0.2, -0.15) is 0 Å². The molecule has 0 rings (SSSR count). The van der Waals surface area contributed by atoms with Crippen LogP contribution in [0.5, 0.6) is 0 Å². The predicted molar refractivity (Wildman–Crippen MR) is 66.0 cm³/mol. The molecule has 0 aromatic heterocycles. The van der Waals surface area contributed by atoms with Gasteiger partial charge in [0.15, 0.2) is 0 Å². The number of aliphatic carboxylic acids is 2. The fourth-order valence-electron chi connectivity index (χ4n) is 0.552. The van der Waals surface area contributed by atoms with Crippen LogP contribution in [0.15, 0.2) is 0 Å². The first-order valence-electron chi connectivity index (χ1n) is 5.51. The third-order valence-corrected chi connectivity index (χ3v) is 1.29. The van der Waals surface area contributed by atoms with Gasteiger partial charge in [-0.05, 0) is 12.8 Å². The van der Waals surface area contributed by atoms with Crippen molar-refractivity contribution in [2.45, 2.75) is 25.7 Å². The van der Waals surface area contributed by atoms with Crippen LogP contribution in [0.1, 0.15) is 25.7 Å². The van der Waals surface area contributed by atoms with Gasteiger partial charge in [0.05, 0.1) is 13.2 Å². The molecule has 0 heterocycles. The zero-order valence-corrected chi connectivity index (χ0v) is 10.4. The zero-order valence-electron chi connectivity index (χ0n) is 10.4. The molecule has 0 saturated heterocycles. The number of carboxylic acids is 2. The van der Waals surface area contributed by atoms with E-state index in [1.165, 1.54) is 0 Å². The van der Waals surface area contributed by atoms with Gasteiger partial charge in [0.25, 0.3) is 0 Å². The molecule has 0 aliphatic carbocycles. The van der Waals surface area contributed by atoms with Crippen LogP contribution in [0, 0.1) is 0 Å². The fourth-order valence-corrected chi connectivity index (χ4v) is 0.552. The normalized spacial score (nSPS) is 8.44. The maximum atomic E-state index is 9.90. The first-order chi connectivity index (χ1) is 8.45. The topological polar surface area (TPSA) is 167 Å². The van der Waals surface area contributed by atoms with Crippen molar-refractivity contribution in [2.75, 3.05) is 26.3 Å². The Bertz CT molecular complexity index is 165. The van der Waals surface area contributed by atoms with Gasteiger partial charge in [0.1, 0.15) is 0 Å². The lowest BCUT2D eigenvalue weighted by Crippen LogP contribution is -2.02. The average Bonchev–Trinajstić information content (AvgIpc) is 2.35. The Morgan fingerprint density at radius 1 is 0.778 bits per heavy atom. The Morgan fingerprint density at radius 2 is 1.00 bits per heavy atom. The van der Waals surface area contributed by atoms with E-state index in [2.05, 4.69) is 0 Å². The highest BCUT2D eigenvalue weighted by molar-refractivity contribution is 5.67. The smallest absolute Gasteiger partial charge is 0.303 e. The van der Waals surface area contributed by atoms with Crippen LogP contribution in [-0.2, 0) is 9.59 Å². The highest BCUT2D eigenvalue weighted by atomic mass is 16.4. The van der Waals surface area contributed by atoms with Crippen LogP contribution < -0.4 is 11.5 Å². The number of nitrogens with two attached hydrogens (primary N) is 2. The summed E-state index contributed by atoms with van der Waals surface area (Å²) >= 11 is 0. The van der Waals surface area contributed by atoms with Gasteiger partial charge in [0, 0.05) is 25.9 Å². The molecule has 0 radical (unpaired) electrons. The van der Waals surface area contributed by atoms with E-state index in [0.29, 0.717) is 25.9 Å². The Labute approximate surface area is 106 Å². The van der Waals surface area contributed by atoms with Gasteiger partial charge in [0.2, 0.25) is 0 Å². The van der Waals surface area contributed by atoms with Gasteiger partial charge < -0.3 is 31.9 Å². The molecule has 0 aromatic carbocycles. The summed E-state index contributed by atoms with van der Waals surface area (Å²) in [5, 5.41) is 31.8. The van der Waals surface area contributed by atoms with Crippen LogP contribution in [0.2, 0.25) is 0 Å². The van der Waals surface area contributed by atoms with Crippen molar-refractivity contribution in [1.82, 2.24) is 0 Å². The fraction of sp³-hybridized carbons (Fsp3) is 0.800. The van der Waals surface area contributed by atoms with Crippen LogP contribution in [0.4, 0.5) is 0 Å². The van der Waals surface area contributed by atoms with Gasteiger partial charge >= 0.3 is 11.9 Å². The summed E-state index contributed by atoms with van der Waals surface area (Å²) in [7, 11) is 0. The van der Waals surface area contributed by atoms with Crippen LogP contribution in [-0.4, -0.2) is 58.7 Å². The summed E-state index contributed by atoms with van der Waals surface area (Å²) in [6, 6.07) is 0. The van der Waals surface area contributed by atoms with Gasteiger partial charge in [-0.1, -0.05) is 0 Å². The summed E-state index contributed by atoms with van der Waals surface area (Å²) < 4.78 is 0. The summed E-state index contributed by atoms with van der Waals surface area (Å²) in [5.41, 5.74) is 9.56. The molecule has 0 spiro atoms. The molecule has 8 N–H and O–H groups in total. The quantitative estimate of drug-likeness (QED) is 0.306. The van der Waals surface area contributed by atoms with E-state index in [1.807, 2.05) is 0 Å². The molecular weight excluding hydrogens is 244 g/mol. The van der Waals surface area contributed by atoms with E-state index in [-0.39, 0.29) is 26.1 Å². The standard InChI is InChI=1S/C6H10O4.2C2H7NO/c7-5(8)3-1-2-4-6(9)10;2*3-1-2-4/h1-4H2,(H,7,8)(H,9,10);2*4H,1-3H2. The Balaban J connectivity index is -0.000000233. The number of aliphatic hydroxyl groups is 2. The van der Waals surface area contributed by atoms with E-state index in [0.717, 1.165) is 0 Å². The highest BCUT2D eigenvalue weighted by Crippen LogP contribution is 1.98. The number of carboxylic acid groups (broad SMARTS) is 2. The molecule has 0 aliphatic rings. The number of aliphatic hydroxyl groups excluding tert-OH is 2. The Kier molecular flexibility index (Phi) is 25.8. The largest absolute Gasteiger partial charge is 0.481 e. The SMILES string of the molecule is NCCO.NCCO.O=C(O)CCCCC(=O)O. The first-order valence-corrected chi connectivity index (χ1v) is 5.51. The highest BCUT2D eigenvalue weighted by Gasteiger charge is 1.99.